The minimum atomic E-state index is 0.766. The molecule has 4 atom stereocenters. The first-order valence-corrected chi connectivity index (χ1v) is 8.20. The maximum atomic E-state index is 3.86. The van der Waals surface area contributed by atoms with Gasteiger partial charge in [0.25, 0.3) is 0 Å². The second-order valence-corrected chi connectivity index (χ2v) is 7.32. The van der Waals surface area contributed by atoms with Crippen LogP contribution in [0.25, 0.3) is 0 Å². The monoisotopic (exact) mass is 250 g/mol. The summed E-state index contributed by atoms with van der Waals surface area (Å²) < 4.78 is 0. The van der Waals surface area contributed by atoms with Crippen molar-refractivity contribution in [3.63, 3.8) is 0 Å². The molecule has 104 valence electrons. The van der Waals surface area contributed by atoms with E-state index in [9.17, 15) is 0 Å². The molecule has 3 rings (SSSR count). The average molecular weight is 250 g/mol. The summed E-state index contributed by atoms with van der Waals surface area (Å²) in [6.45, 7) is 8.81. The minimum Gasteiger partial charge on any atom is -0.312 e. The van der Waals surface area contributed by atoms with Crippen molar-refractivity contribution in [2.24, 2.45) is 17.8 Å². The molecule has 2 nitrogen and oxygen atoms in total. The summed E-state index contributed by atoms with van der Waals surface area (Å²) in [6.07, 6.45) is 8.71. The summed E-state index contributed by atoms with van der Waals surface area (Å²) in [7, 11) is 0. The zero-order chi connectivity index (χ0) is 12.5. The molecular weight excluding hydrogens is 220 g/mol. The number of likely N-dealkylation sites (tertiary alicyclic amines) is 1. The molecule has 0 bridgehead atoms. The molecule has 2 aliphatic carbocycles. The van der Waals surface area contributed by atoms with E-state index in [0.717, 1.165) is 29.8 Å². The summed E-state index contributed by atoms with van der Waals surface area (Å²) in [4.78, 5) is 2.79. The van der Waals surface area contributed by atoms with E-state index in [1.54, 1.807) is 0 Å². The van der Waals surface area contributed by atoms with E-state index in [-0.39, 0.29) is 0 Å². The van der Waals surface area contributed by atoms with Crippen LogP contribution < -0.4 is 5.32 Å². The van der Waals surface area contributed by atoms with Gasteiger partial charge < -0.3 is 5.32 Å². The van der Waals surface area contributed by atoms with E-state index in [2.05, 4.69) is 24.1 Å². The van der Waals surface area contributed by atoms with Gasteiger partial charge in [0.15, 0.2) is 0 Å². The van der Waals surface area contributed by atoms with Crippen molar-refractivity contribution < 1.29 is 0 Å². The van der Waals surface area contributed by atoms with Crippen molar-refractivity contribution in [1.82, 2.24) is 10.2 Å². The van der Waals surface area contributed by atoms with Crippen LogP contribution in [-0.4, -0.2) is 36.6 Å². The second kappa shape index (κ2) is 5.50. The van der Waals surface area contributed by atoms with E-state index >= 15 is 0 Å². The van der Waals surface area contributed by atoms with Crippen molar-refractivity contribution in [2.75, 3.05) is 19.6 Å². The third-order valence-electron chi connectivity index (χ3n) is 5.65. The lowest BCUT2D eigenvalue weighted by molar-refractivity contribution is 0.0252. The predicted molar refractivity (Wildman–Crippen MR) is 76.7 cm³/mol. The highest BCUT2D eigenvalue weighted by molar-refractivity contribution is 4.92. The Labute approximate surface area is 113 Å². The van der Waals surface area contributed by atoms with Crippen LogP contribution in [-0.2, 0) is 0 Å². The van der Waals surface area contributed by atoms with Gasteiger partial charge in [0.05, 0.1) is 0 Å². The van der Waals surface area contributed by atoms with Crippen LogP contribution in [0.5, 0.6) is 0 Å². The van der Waals surface area contributed by atoms with E-state index in [1.165, 1.54) is 58.2 Å². The van der Waals surface area contributed by atoms with Gasteiger partial charge in [-0.2, -0.15) is 0 Å². The number of hydrogen-bond donors (Lipinski definition) is 1. The first kappa shape index (κ1) is 12.9. The molecule has 1 saturated heterocycles. The number of nitrogens with zero attached hydrogens (tertiary/aromatic N) is 1. The number of rotatable bonds is 4. The lowest BCUT2D eigenvalue weighted by atomic mass is 9.78. The summed E-state index contributed by atoms with van der Waals surface area (Å²) >= 11 is 0. The van der Waals surface area contributed by atoms with Gasteiger partial charge in [-0.1, -0.05) is 20.3 Å². The fourth-order valence-corrected chi connectivity index (χ4v) is 4.03. The van der Waals surface area contributed by atoms with Gasteiger partial charge in [-0.25, -0.2) is 0 Å². The van der Waals surface area contributed by atoms with Gasteiger partial charge in [-0.3, -0.25) is 4.90 Å². The maximum Gasteiger partial charge on any atom is 0.0198 e. The summed E-state index contributed by atoms with van der Waals surface area (Å²) in [5.74, 6) is 2.83. The van der Waals surface area contributed by atoms with Gasteiger partial charge >= 0.3 is 0 Å². The number of piperidine rings is 1. The van der Waals surface area contributed by atoms with Gasteiger partial charge in [0.1, 0.15) is 0 Å². The molecule has 2 heteroatoms. The van der Waals surface area contributed by atoms with Crippen LogP contribution in [0, 0.1) is 17.8 Å². The van der Waals surface area contributed by atoms with Crippen LogP contribution >= 0.6 is 0 Å². The van der Waals surface area contributed by atoms with E-state index in [1.807, 2.05) is 0 Å². The van der Waals surface area contributed by atoms with Crippen molar-refractivity contribution >= 4 is 0 Å². The van der Waals surface area contributed by atoms with Gasteiger partial charge in [-0.05, 0) is 56.4 Å². The Morgan fingerprint density at radius 2 is 1.89 bits per heavy atom. The standard InChI is InChI=1S/C16H30N2/c1-12-8-15(17-9-14-4-3-5-14)11-18(10-12)16-7-6-13(16)2/h12-17H,3-11H2,1-2H3. The first-order valence-electron chi connectivity index (χ1n) is 8.20. The molecule has 0 spiro atoms. The number of nitrogens with one attached hydrogen (secondary N) is 1. The van der Waals surface area contributed by atoms with Gasteiger partial charge in [0.2, 0.25) is 0 Å². The SMILES string of the molecule is CC1CC(NCC2CCC2)CN(C2CCC2C)C1. The molecule has 4 unspecified atom stereocenters. The van der Waals surface area contributed by atoms with Crippen molar-refractivity contribution in [2.45, 2.75) is 64.5 Å². The van der Waals surface area contributed by atoms with Crippen LogP contribution in [0.3, 0.4) is 0 Å². The fourth-order valence-electron chi connectivity index (χ4n) is 4.03. The molecule has 1 heterocycles. The van der Waals surface area contributed by atoms with Crippen LogP contribution in [0.15, 0.2) is 0 Å². The molecule has 3 fully saturated rings. The first-order chi connectivity index (χ1) is 8.72. The van der Waals surface area contributed by atoms with E-state index < -0.39 is 0 Å². The van der Waals surface area contributed by atoms with Crippen LogP contribution in [0.4, 0.5) is 0 Å². The Morgan fingerprint density at radius 1 is 1.06 bits per heavy atom. The Hall–Kier alpha value is -0.0800. The quantitative estimate of drug-likeness (QED) is 0.825. The van der Waals surface area contributed by atoms with Crippen LogP contribution in [0.1, 0.15) is 52.4 Å². The van der Waals surface area contributed by atoms with Crippen LogP contribution in [0.2, 0.25) is 0 Å². The molecule has 3 aliphatic rings. The molecule has 0 aromatic heterocycles. The van der Waals surface area contributed by atoms with Gasteiger partial charge in [-0.15, -0.1) is 0 Å². The predicted octanol–water partition coefficient (Wildman–Crippen LogP) is 2.89. The Balaban J connectivity index is 1.48. The van der Waals surface area contributed by atoms with E-state index in [4.69, 9.17) is 0 Å². The largest absolute Gasteiger partial charge is 0.312 e. The second-order valence-electron chi connectivity index (χ2n) is 7.32. The average Bonchev–Trinajstić information content (AvgIpc) is 2.24. The third-order valence-corrected chi connectivity index (χ3v) is 5.65. The molecule has 0 radical (unpaired) electrons. The molecule has 0 aromatic carbocycles. The van der Waals surface area contributed by atoms with Crippen molar-refractivity contribution in [3.8, 4) is 0 Å². The highest BCUT2D eigenvalue weighted by atomic mass is 15.2. The zero-order valence-electron chi connectivity index (χ0n) is 12.2. The highest BCUT2D eigenvalue weighted by Gasteiger charge is 2.36. The summed E-state index contributed by atoms with van der Waals surface area (Å²) in [5, 5.41) is 3.86. The molecular formula is C16H30N2. The Bertz CT molecular complexity index is 274. The molecule has 0 aromatic rings. The molecule has 18 heavy (non-hydrogen) atoms. The molecule has 0 amide bonds. The third kappa shape index (κ3) is 2.75. The molecule has 1 aliphatic heterocycles. The topological polar surface area (TPSA) is 15.3 Å². The normalized spacial score (nSPS) is 42.3. The number of hydrogen-bond acceptors (Lipinski definition) is 2. The highest BCUT2D eigenvalue weighted by Crippen LogP contribution is 2.34. The lowest BCUT2D eigenvalue weighted by Crippen LogP contribution is -2.56. The zero-order valence-corrected chi connectivity index (χ0v) is 12.2. The molecule has 2 saturated carbocycles. The maximum absolute atomic E-state index is 3.86. The fraction of sp³-hybridized carbons (Fsp3) is 1.00. The summed E-state index contributed by atoms with van der Waals surface area (Å²) in [6, 6.07) is 1.67. The van der Waals surface area contributed by atoms with Crippen molar-refractivity contribution in [3.05, 3.63) is 0 Å². The Morgan fingerprint density at radius 3 is 2.44 bits per heavy atom. The van der Waals surface area contributed by atoms with Crippen molar-refractivity contribution in [1.29, 1.82) is 0 Å². The molecule has 1 N–H and O–H groups in total. The lowest BCUT2D eigenvalue weighted by Gasteiger charge is -2.48. The summed E-state index contributed by atoms with van der Waals surface area (Å²) in [5.41, 5.74) is 0. The van der Waals surface area contributed by atoms with E-state index in [0.29, 0.717) is 0 Å². The smallest absolute Gasteiger partial charge is 0.0198 e. The Kier molecular flexibility index (Phi) is 3.95. The minimum absolute atomic E-state index is 0.766. The van der Waals surface area contributed by atoms with Gasteiger partial charge in [0, 0.05) is 25.2 Å².